The molecule has 160 valence electrons. The molecule has 0 spiro atoms. The molecule has 5 nitrogen and oxygen atoms in total. The van der Waals surface area contributed by atoms with E-state index in [9.17, 15) is 9.90 Å². The lowest BCUT2D eigenvalue weighted by molar-refractivity contribution is -0.121. The number of amides is 1. The Hall–Kier alpha value is -1.63. The molecule has 2 aromatic carbocycles. The highest BCUT2D eigenvalue weighted by Crippen LogP contribution is 2.15. The van der Waals surface area contributed by atoms with Crippen LogP contribution in [0.3, 0.4) is 0 Å². The van der Waals surface area contributed by atoms with Crippen LogP contribution in [-0.4, -0.2) is 35.1 Å². The van der Waals surface area contributed by atoms with E-state index in [-0.39, 0.29) is 49.3 Å². The molecule has 1 aliphatic rings. The van der Waals surface area contributed by atoms with Gasteiger partial charge in [0.25, 0.3) is 0 Å². The molecule has 1 amide bonds. The number of rotatable bonds is 7. The predicted octanol–water partition coefficient (Wildman–Crippen LogP) is 3.19. The highest BCUT2D eigenvalue weighted by atomic mass is 35.5. The van der Waals surface area contributed by atoms with Gasteiger partial charge in [-0.2, -0.15) is 0 Å². The smallest absolute Gasteiger partial charge is 0.222 e. The maximum atomic E-state index is 12.1. The number of nitrogens with one attached hydrogen (secondary N) is 1. The van der Waals surface area contributed by atoms with Crippen LogP contribution in [0.4, 0.5) is 0 Å². The minimum atomic E-state index is -0.281. The van der Waals surface area contributed by atoms with E-state index in [1.165, 1.54) is 5.56 Å². The van der Waals surface area contributed by atoms with Crippen molar-refractivity contribution >= 4 is 30.7 Å². The zero-order valence-corrected chi connectivity index (χ0v) is 18.1. The third-order valence-electron chi connectivity index (χ3n) is 5.11. The van der Waals surface area contributed by atoms with E-state index in [4.69, 9.17) is 5.73 Å². The summed E-state index contributed by atoms with van der Waals surface area (Å²) in [7, 11) is 0. The number of hydrogen-bond donors (Lipinski definition) is 3. The summed E-state index contributed by atoms with van der Waals surface area (Å²) in [5.74, 6) is -0.0395. The van der Waals surface area contributed by atoms with E-state index >= 15 is 0 Å². The van der Waals surface area contributed by atoms with Gasteiger partial charge >= 0.3 is 0 Å². The molecule has 2 aromatic rings. The highest BCUT2D eigenvalue weighted by molar-refractivity contribution is 5.85. The Bertz CT molecular complexity index is 721. The van der Waals surface area contributed by atoms with Crippen molar-refractivity contribution in [2.24, 2.45) is 5.73 Å². The van der Waals surface area contributed by atoms with Crippen LogP contribution in [0.1, 0.15) is 42.0 Å². The normalized spacial score (nSPS) is 15.7. The van der Waals surface area contributed by atoms with Gasteiger partial charge in [-0.15, -0.1) is 24.8 Å². The lowest BCUT2D eigenvalue weighted by Crippen LogP contribution is -2.35. The Morgan fingerprint density at radius 3 is 2.24 bits per heavy atom. The molecule has 0 radical (unpaired) electrons. The van der Waals surface area contributed by atoms with Crippen LogP contribution in [0, 0.1) is 0 Å². The first-order chi connectivity index (χ1) is 13.1. The van der Waals surface area contributed by atoms with Crippen molar-refractivity contribution in [1.82, 2.24) is 10.2 Å². The lowest BCUT2D eigenvalue weighted by atomic mass is 10.0. The first-order valence-corrected chi connectivity index (χ1v) is 9.65. The van der Waals surface area contributed by atoms with E-state index in [0.29, 0.717) is 6.54 Å². The number of nitrogens with zero attached hydrogens (tertiary/aromatic N) is 1. The molecule has 0 saturated carbocycles. The van der Waals surface area contributed by atoms with E-state index < -0.39 is 0 Å². The van der Waals surface area contributed by atoms with Crippen molar-refractivity contribution in [1.29, 1.82) is 0 Å². The quantitative estimate of drug-likeness (QED) is 0.618. The largest absolute Gasteiger partial charge is 0.393 e. The Kier molecular flexibility index (Phi) is 11.2. The summed E-state index contributed by atoms with van der Waals surface area (Å²) in [6, 6.07) is 17.8. The van der Waals surface area contributed by atoms with Crippen LogP contribution >= 0.6 is 24.8 Å². The maximum Gasteiger partial charge on any atom is 0.222 e. The molecule has 7 heteroatoms. The Morgan fingerprint density at radius 2 is 1.62 bits per heavy atom. The van der Waals surface area contributed by atoms with Gasteiger partial charge in [-0.25, -0.2) is 0 Å². The molecule has 1 atom stereocenters. The fraction of sp³-hybridized carbons (Fsp3) is 0.409. The molecule has 0 aliphatic carbocycles. The summed E-state index contributed by atoms with van der Waals surface area (Å²) in [6.07, 6.45) is 1.86. The van der Waals surface area contributed by atoms with Crippen LogP contribution in [0.2, 0.25) is 0 Å². The average Bonchev–Trinajstić information content (AvgIpc) is 2.70. The van der Waals surface area contributed by atoms with Crippen LogP contribution in [0.25, 0.3) is 0 Å². The molecule has 29 heavy (non-hydrogen) atoms. The molecule has 4 N–H and O–H groups in total. The number of piperidine rings is 1. The Labute approximate surface area is 185 Å². The molecule has 1 heterocycles. The van der Waals surface area contributed by atoms with Gasteiger partial charge in [-0.05, 0) is 29.5 Å². The number of benzene rings is 2. The zero-order chi connectivity index (χ0) is 19.1. The highest BCUT2D eigenvalue weighted by Gasteiger charge is 2.16. The zero-order valence-electron chi connectivity index (χ0n) is 16.5. The van der Waals surface area contributed by atoms with E-state index in [1.54, 1.807) is 0 Å². The molecule has 1 aliphatic heterocycles. The molecule has 3 rings (SSSR count). The molecule has 0 aromatic heterocycles. The van der Waals surface area contributed by atoms with Crippen molar-refractivity contribution in [3.63, 3.8) is 0 Å². The maximum absolute atomic E-state index is 12.1. The van der Waals surface area contributed by atoms with Crippen LogP contribution < -0.4 is 11.1 Å². The third-order valence-corrected chi connectivity index (χ3v) is 5.11. The summed E-state index contributed by atoms with van der Waals surface area (Å²) in [6.45, 7) is 3.31. The average molecular weight is 440 g/mol. The lowest BCUT2D eigenvalue weighted by Gasteiger charge is -2.29. The summed E-state index contributed by atoms with van der Waals surface area (Å²) in [5, 5.41) is 12.5. The van der Waals surface area contributed by atoms with E-state index in [1.807, 2.05) is 30.3 Å². The number of aliphatic hydroxyl groups excluding tert-OH is 1. The number of carbonyl (C=O) groups is 1. The van der Waals surface area contributed by atoms with E-state index in [2.05, 4.69) is 34.5 Å². The number of halogens is 2. The van der Waals surface area contributed by atoms with Crippen molar-refractivity contribution in [3.8, 4) is 0 Å². The number of hydrogen-bond acceptors (Lipinski definition) is 4. The molecular weight excluding hydrogens is 409 g/mol. The van der Waals surface area contributed by atoms with Crippen LogP contribution in [0.5, 0.6) is 0 Å². The number of likely N-dealkylation sites (tertiary alicyclic amines) is 1. The van der Waals surface area contributed by atoms with Crippen molar-refractivity contribution in [3.05, 3.63) is 71.3 Å². The van der Waals surface area contributed by atoms with Gasteiger partial charge < -0.3 is 16.2 Å². The van der Waals surface area contributed by atoms with Gasteiger partial charge in [0.2, 0.25) is 5.91 Å². The molecule has 1 saturated heterocycles. The van der Waals surface area contributed by atoms with Gasteiger partial charge in [0.15, 0.2) is 0 Å². The first kappa shape index (κ1) is 25.4. The van der Waals surface area contributed by atoms with Gasteiger partial charge in [0.1, 0.15) is 0 Å². The molecular formula is C22H31Cl2N3O2. The second-order valence-electron chi connectivity index (χ2n) is 7.32. The minimum absolute atomic E-state index is 0. The number of nitrogens with two attached hydrogens (primary N) is 1. The van der Waals surface area contributed by atoms with Crippen LogP contribution in [-0.2, 0) is 17.9 Å². The molecule has 0 bridgehead atoms. The van der Waals surface area contributed by atoms with Gasteiger partial charge in [-0.1, -0.05) is 54.6 Å². The van der Waals surface area contributed by atoms with Crippen molar-refractivity contribution in [2.75, 3.05) is 13.1 Å². The topological polar surface area (TPSA) is 78.6 Å². The summed E-state index contributed by atoms with van der Waals surface area (Å²) < 4.78 is 0. The SMILES string of the molecule is Cl.Cl.NC(CC(=O)NCc1ccc(CN2CCC(O)CC2)cc1)c1ccccc1. The summed E-state index contributed by atoms with van der Waals surface area (Å²) >= 11 is 0. The van der Waals surface area contributed by atoms with Crippen molar-refractivity contribution < 1.29 is 9.90 Å². The molecule has 1 unspecified atom stereocenters. The van der Waals surface area contributed by atoms with Crippen LogP contribution in [0.15, 0.2) is 54.6 Å². The Balaban J connectivity index is 0.00000210. The number of carbonyl (C=O) groups excluding carboxylic acids is 1. The molecule has 1 fully saturated rings. The summed E-state index contributed by atoms with van der Waals surface area (Å²) in [4.78, 5) is 14.5. The van der Waals surface area contributed by atoms with Gasteiger partial charge in [0.05, 0.1) is 6.10 Å². The second-order valence-corrected chi connectivity index (χ2v) is 7.32. The standard InChI is InChI=1S/C22H29N3O2.2ClH/c23-21(19-4-2-1-3-5-19)14-22(27)24-15-17-6-8-18(9-7-17)16-25-12-10-20(26)11-13-25;;/h1-9,20-21,26H,10-16,23H2,(H,24,27);2*1H. The fourth-order valence-corrected chi connectivity index (χ4v) is 3.39. The first-order valence-electron chi connectivity index (χ1n) is 9.65. The predicted molar refractivity (Wildman–Crippen MR) is 121 cm³/mol. The Morgan fingerprint density at radius 1 is 1.03 bits per heavy atom. The van der Waals surface area contributed by atoms with E-state index in [0.717, 1.165) is 43.6 Å². The van der Waals surface area contributed by atoms with Gasteiger partial charge in [0, 0.05) is 38.6 Å². The van der Waals surface area contributed by atoms with Crippen molar-refractivity contribution in [2.45, 2.75) is 44.5 Å². The fourth-order valence-electron chi connectivity index (χ4n) is 3.39. The van der Waals surface area contributed by atoms with Gasteiger partial charge in [-0.3, -0.25) is 9.69 Å². The summed E-state index contributed by atoms with van der Waals surface area (Å²) in [5.41, 5.74) is 9.41. The third kappa shape index (κ3) is 8.33. The number of aliphatic hydroxyl groups is 1. The minimum Gasteiger partial charge on any atom is -0.393 e. The monoisotopic (exact) mass is 439 g/mol. The second kappa shape index (κ2) is 12.8.